The predicted octanol–water partition coefficient (Wildman–Crippen LogP) is 15.2. The van der Waals surface area contributed by atoms with Crippen molar-refractivity contribution in [1.29, 1.82) is 0 Å². The van der Waals surface area contributed by atoms with Crippen LogP contribution in [0.1, 0.15) is 206 Å². The Morgan fingerprint density at radius 2 is 0.921 bits per heavy atom. The molecule has 0 bridgehead atoms. The van der Waals surface area contributed by atoms with Gasteiger partial charge in [-0.05, 0) is 83.5 Å². The van der Waals surface area contributed by atoms with Crippen LogP contribution in [0.15, 0.2) is 72.9 Å². The Hall–Kier alpha value is -2.06. The van der Waals surface area contributed by atoms with Gasteiger partial charge in [0.1, 0.15) is 19.3 Å². The highest BCUT2D eigenvalue weighted by molar-refractivity contribution is 7.45. The minimum atomic E-state index is -4.54. The smallest absolute Gasteiger partial charge is 0.306 e. The molecule has 0 radical (unpaired) electrons. The van der Waals surface area contributed by atoms with E-state index in [9.17, 15) is 14.3 Å². The largest absolute Gasteiger partial charge is 0.756 e. The van der Waals surface area contributed by atoms with Gasteiger partial charge in [-0.15, -0.1) is 0 Å². The fourth-order valence-electron chi connectivity index (χ4n) is 6.80. The number of quaternary nitrogens is 1. The maximum absolute atomic E-state index is 12.8. The maximum atomic E-state index is 12.8. The molecule has 0 aliphatic carbocycles. The van der Waals surface area contributed by atoms with Crippen LogP contribution in [-0.2, 0) is 27.9 Å². The van der Waals surface area contributed by atoms with Crippen LogP contribution in [0.2, 0.25) is 0 Å². The van der Waals surface area contributed by atoms with E-state index in [0.717, 1.165) is 83.5 Å². The second-order valence-corrected chi connectivity index (χ2v) is 19.6. The van der Waals surface area contributed by atoms with Crippen LogP contribution in [0.3, 0.4) is 0 Å². The number of carbonyl (C=O) groups excluding carboxylic acids is 1. The number of phosphoric acid groups is 1. The van der Waals surface area contributed by atoms with Crippen molar-refractivity contribution >= 4 is 13.8 Å². The van der Waals surface area contributed by atoms with Crippen molar-refractivity contribution < 1.29 is 37.3 Å². The molecule has 2 atom stereocenters. The lowest BCUT2D eigenvalue weighted by Crippen LogP contribution is -2.37. The number of carbonyl (C=O) groups is 1. The first-order chi connectivity index (χ1) is 30.6. The molecule has 0 aromatic carbocycles. The molecular weight excluding hydrogens is 806 g/mol. The SMILES string of the molecule is CC/C=C\C/C=C\C/C=C\C/C=C\C/C=C\CCCCCCOCC(COP(=O)([O-])OCC[N+](C)(C)C)OC(=O)CCCCCCCCCCC/C=C\CCCCCCCCCC. The van der Waals surface area contributed by atoms with Crippen LogP contribution in [0.4, 0.5) is 0 Å². The molecule has 0 aromatic rings. The van der Waals surface area contributed by atoms with Crippen molar-refractivity contribution in [3.05, 3.63) is 72.9 Å². The van der Waals surface area contributed by atoms with Gasteiger partial charge in [0.15, 0.2) is 0 Å². The fourth-order valence-corrected chi connectivity index (χ4v) is 7.53. The number of phosphoric ester groups is 1. The van der Waals surface area contributed by atoms with Gasteiger partial charge in [0, 0.05) is 13.0 Å². The molecule has 0 fully saturated rings. The van der Waals surface area contributed by atoms with Crippen molar-refractivity contribution in [3.63, 3.8) is 0 Å². The predicted molar refractivity (Wildman–Crippen MR) is 268 cm³/mol. The average molecular weight is 904 g/mol. The highest BCUT2D eigenvalue weighted by atomic mass is 31.2. The third kappa shape index (κ3) is 50.8. The molecule has 0 saturated carbocycles. The summed E-state index contributed by atoms with van der Waals surface area (Å²) in [5.74, 6) is -0.346. The zero-order valence-electron chi connectivity index (χ0n) is 41.5. The Morgan fingerprint density at radius 1 is 0.508 bits per heavy atom. The summed E-state index contributed by atoms with van der Waals surface area (Å²) in [4.78, 5) is 25.2. The van der Waals surface area contributed by atoms with E-state index in [4.69, 9.17) is 18.5 Å². The van der Waals surface area contributed by atoms with Crippen LogP contribution in [0, 0.1) is 0 Å². The van der Waals surface area contributed by atoms with Crippen LogP contribution >= 0.6 is 7.82 Å². The number of hydrogen-bond donors (Lipinski definition) is 0. The van der Waals surface area contributed by atoms with E-state index < -0.39 is 13.9 Å². The number of likely N-dealkylation sites (N-methyl/N-ethyl adjacent to an activating group) is 1. The van der Waals surface area contributed by atoms with E-state index in [0.29, 0.717) is 24.1 Å². The zero-order chi connectivity index (χ0) is 46.2. The van der Waals surface area contributed by atoms with Gasteiger partial charge >= 0.3 is 5.97 Å². The lowest BCUT2D eigenvalue weighted by molar-refractivity contribution is -0.870. The number of esters is 1. The Labute approximate surface area is 389 Å². The lowest BCUT2D eigenvalue weighted by atomic mass is 10.1. The maximum Gasteiger partial charge on any atom is 0.306 e. The molecule has 0 heterocycles. The van der Waals surface area contributed by atoms with Gasteiger partial charge in [-0.3, -0.25) is 9.36 Å². The van der Waals surface area contributed by atoms with Crippen molar-refractivity contribution in [2.45, 2.75) is 213 Å². The van der Waals surface area contributed by atoms with E-state index in [1.807, 2.05) is 21.1 Å². The Kier molecular flexibility index (Phi) is 44.9. The molecule has 366 valence electrons. The molecule has 0 spiro atoms. The van der Waals surface area contributed by atoms with Crippen molar-refractivity contribution in [2.24, 2.45) is 0 Å². The van der Waals surface area contributed by atoms with Gasteiger partial charge in [0.2, 0.25) is 0 Å². The van der Waals surface area contributed by atoms with Gasteiger partial charge in [-0.1, -0.05) is 189 Å². The number of nitrogens with zero attached hydrogens (tertiary/aromatic N) is 1. The minimum absolute atomic E-state index is 0.0172. The molecular formula is C54H98NO7P. The summed E-state index contributed by atoms with van der Waals surface area (Å²) in [7, 11) is 1.33. The molecule has 0 amide bonds. The number of rotatable bonds is 47. The third-order valence-corrected chi connectivity index (χ3v) is 11.7. The zero-order valence-corrected chi connectivity index (χ0v) is 42.4. The Bertz CT molecular complexity index is 1230. The van der Waals surface area contributed by atoms with Crippen LogP contribution in [0.25, 0.3) is 0 Å². The van der Waals surface area contributed by atoms with Crippen molar-refractivity contribution in [3.8, 4) is 0 Å². The summed E-state index contributed by atoms with van der Waals surface area (Å²) in [6.45, 7) is 5.24. The van der Waals surface area contributed by atoms with Crippen molar-refractivity contribution in [1.82, 2.24) is 0 Å². The van der Waals surface area contributed by atoms with Crippen LogP contribution < -0.4 is 4.89 Å². The summed E-state index contributed by atoms with van der Waals surface area (Å²) in [6.07, 6.45) is 60.7. The molecule has 0 saturated heterocycles. The first-order valence-corrected chi connectivity index (χ1v) is 27.1. The van der Waals surface area contributed by atoms with E-state index >= 15 is 0 Å². The van der Waals surface area contributed by atoms with Gasteiger partial charge < -0.3 is 27.9 Å². The van der Waals surface area contributed by atoms with Gasteiger partial charge in [0.25, 0.3) is 7.82 Å². The quantitative estimate of drug-likeness (QED) is 0.0197. The second-order valence-electron chi connectivity index (χ2n) is 18.1. The number of allylic oxidation sites excluding steroid dienone is 12. The van der Waals surface area contributed by atoms with Crippen LogP contribution in [-0.4, -0.2) is 70.7 Å². The molecule has 8 nitrogen and oxygen atoms in total. The third-order valence-electron chi connectivity index (χ3n) is 10.7. The lowest BCUT2D eigenvalue weighted by Gasteiger charge is -2.28. The highest BCUT2D eigenvalue weighted by Gasteiger charge is 2.20. The summed E-state index contributed by atoms with van der Waals surface area (Å²) in [5, 5.41) is 0. The van der Waals surface area contributed by atoms with Gasteiger partial charge in [-0.25, -0.2) is 0 Å². The number of unbranched alkanes of at least 4 members (excludes halogenated alkanes) is 21. The molecule has 0 aliphatic heterocycles. The number of hydrogen-bond acceptors (Lipinski definition) is 7. The molecule has 0 N–H and O–H groups in total. The molecule has 0 rings (SSSR count). The van der Waals surface area contributed by atoms with E-state index in [1.54, 1.807) is 0 Å². The standard InChI is InChI=1S/C54H98NO7P/c1-6-8-10-12-14-16-18-20-22-24-26-28-29-31-33-35-37-39-41-43-45-47-54(56)62-53(52-61-63(57,58)60-50-48-55(3,4)5)51-59-49-46-44-42-40-38-36-34-32-30-27-25-23-21-19-17-15-13-11-9-7-2/h9,11,15,17,21,23-24,26-27,30,34,36,53H,6-8,10,12-14,16,18-20,22,25,28-29,31-33,35,37-52H2,1-5H3/b11-9-,17-15-,23-21-,26-24-,30-27-,36-34-. The van der Waals surface area contributed by atoms with Crippen LogP contribution in [0.5, 0.6) is 0 Å². The summed E-state index contributed by atoms with van der Waals surface area (Å²) < 4.78 is 34.7. The number of ether oxygens (including phenoxy) is 2. The van der Waals surface area contributed by atoms with Gasteiger partial charge in [-0.2, -0.15) is 0 Å². The van der Waals surface area contributed by atoms with Gasteiger partial charge in [0.05, 0.1) is 34.4 Å². The molecule has 0 aromatic heterocycles. The second kappa shape index (κ2) is 46.5. The van der Waals surface area contributed by atoms with E-state index in [2.05, 4.69) is 86.8 Å². The Morgan fingerprint density at radius 3 is 1.40 bits per heavy atom. The first-order valence-electron chi connectivity index (χ1n) is 25.7. The van der Waals surface area contributed by atoms with E-state index in [1.165, 1.54) is 103 Å². The fraction of sp³-hybridized carbons (Fsp3) is 0.759. The van der Waals surface area contributed by atoms with Crippen molar-refractivity contribution in [2.75, 3.05) is 54.1 Å². The highest BCUT2D eigenvalue weighted by Crippen LogP contribution is 2.38. The summed E-state index contributed by atoms with van der Waals surface area (Å²) in [5.41, 5.74) is 0. The first kappa shape index (κ1) is 60.9. The summed E-state index contributed by atoms with van der Waals surface area (Å²) >= 11 is 0. The Balaban J connectivity index is 4.21. The molecule has 2 unspecified atom stereocenters. The average Bonchev–Trinajstić information content (AvgIpc) is 3.24. The molecule has 63 heavy (non-hydrogen) atoms. The summed E-state index contributed by atoms with van der Waals surface area (Å²) in [6, 6.07) is 0. The van der Waals surface area contributed by atoms with E-state index in [-0.39, 0.29) is 25.8 Å². The normalized spacial score (nSPS) is 14.2. The minimum Gasteiger partial charge on any atom is -0.756 e. The molecule has 0 aliphatic rings. The molecule has 9 heteroatoms. The monoisotopic (exact) mass is 904 g/mol. The topological polar surface area (TPSA) is 94.1 Å².